The highest BCUT2D eigenvalue weighted by molar-refractivity contribution is 6.05. The van der Waals surface area contributed by atoms with Crippen LogP contribution < -0.4 is 5.73 Å². The van der Waals surface area contributed by atoms with Crippen molar-refractivity contribution in [1.29, 1.82) is 0 Å². The first-order valence-electron chi connectivity index (χ1n) is 9.75. The molecule has 1 aliphatic heterocycles. The molecule has 0 bridgehead atoms. The van der Waals surface area contributed by atoms with E-state index in [1.807, 2.05) is 19.9 Å². The Hall–Kier alpha value is -1.55. The lowest BCUT2D eigenvalue weighted by atomic mass is 9.89. The van der Waals surface area contributed by atoms with Gasteiger partial charge in [-0.05, 0) is 37.8 Å². The lowest BCUT2D eigenvalue weighted by Gasteiger charge is -2.32. The van der Waals surface area contributed by atoms with Gasteiger partial charge in [-0.1, -0.05) is 57.9 Å². The summed E-state index contributed by atoms with van der Waals surface area (Å²) in [6.45, 7) is 6.09. The molecule has 4 nitrogen and oxygen atoms in total. The van der Waals surface area contributed by atoms with Crippen LogP contribution in [0.3, 0.4) is 0 Å². The number of carbonyl (C=O) groups is 1. The van der Waals surface area contributed by atoms with Gasteiger partial charge in [-0.25, -0.2) is 0 Å². The SMILES string of the molecule is CCCCCCCCCCC1(O)c2c(C)cc(C)c(N)c2C(=O)N1C. The maximum atomic E-state index is 12.7. The van der Waals surface area contributed by atoms with Crippen molar-refractivity contribution in [1.82, 2.24) is 4.90 Å². The summed E-state index contributed by atoms with van der Waals surface area (Å²) < 4.78 is 0. The van der Waals surface area contributed by atoms with Gasteiger partial charge in [0.05, 0.1) is 5.56 Å². The summed E-state index contributed by atoms with van der Waals surface area (Å²) in [6.07, 6.45) is 10.2. The number of aryl methyl sites for hydroxylation is 2. The summed E-state index contributed by atoms with van der Waals surface area (Å²) in [7, 11) is 1.68. The summed E-state index contributed by atoms with van der Waals surface area (Å²) in [5.41, 5.74) is 8.49. The molecule has 1 aromatic carbocycles. The Morgan fingerprint density at radius 2 is 1.60 bits per heavy atom. The largest absolute Gasteiger partial charge is 0.398 e. The Labute approximate surface area is 152 Å². The van der Waals surface area contributed by atoms with Gasteiger partial charge in [0.1, 0.15) is 0 Å². The van der Waals surface area contributed by atoms with Crippen LogP contribution in [-0.2, 0) is 5.72 Å². The summed E-state index contributed by atoms with van der Waals surface area (Å²) in [5, 5.41) is 11.3. The van der Waals surface area contributed by atoms with Crippen molar-refractivity contribution in [2.24, 2.45) is 0 Å². The Bertz CT molecular complexity index is 627. The molecule has 1 amide bonds. The third kappa shape index (κ3) is 3.84. The fraction of sp³-hybridized carbons (Fsp3) is 0.667. The Balaban J connectivity index is 2.02. The van der Waals surface area contributed by atoms with Crippen molar-refractivity contribution in [3.8, 4) is 0 Å². The molecule has 2 rings (SSSR count). The Morgan fingerprint density at radius 1 is 1.04 bits per heavy atom. The molecule has 0 saturated carbocycles. The maximum Gasteiger partial charge on any atom is 0.258 e. The minimum absolute atomic E-state index is 0.165. The molecule has 3 N–H and O–H groups in total. The number of rotatable bonds is 9. The molecule has 1 heterocycles. The fourth-order valence-corrected chi connectivity index (χ4v) is 4.04. The average molecular weight is 347 g/mol. The minimum atomic E-state index is -1.22. The first-order chi connectivity index (χ1) is 11.8. The average Bonchev–Trinajstić information content (AvgIpc) is 2.77. The van der Waals surface area contributed by atoms with E-state index in [1.165, 1.54) is 43.4 Å². The third-order valence-corrected chi connectivity index (χ3v) is 5.62. The van der Waals surface area contributed by atoms with Crippen LogP contribution in [0.4, 0.5) is 5.69 Å². The van der Waals surface area contributed by atoms with Gasteiger partial charge in [0.15, 0.2) is 5.72 Å². The first-order valence-corrected chi connectivity index (χ1v) is 9.75. The standard InChI is InChI=1S/C21H34N2O2/c1-5-6-7-8-9-10-11-12-13-21(25)18-15(2)14-16(3)19(22)17(18)20(24)23(21)4/h14,25H,5-13,22H2,1-4H3. The molecule has 0 aromatic heterocycles. The van der Waals surface area contributed by atoms with Gasteiger partial charge in [-0.15, -0.1) is 0 Å². The molecule has 4 heteroatoms. The van der Waals surface area contributed by atoms with Crippen LogP contribution in [0.2, 0.25) is 0 Å². The van der Waals surface area contributed by atoms with Crippen molar-refractivity contribution < 1.29 is 9.90 Å². The van der Waals surface area contributed by atoms with Gasteiger partial charge in [0.25, 0.3) is 5.91 Å². The quantitative estimate of drug-likeness (QED) is 0.505. The molecule has 0 radical (unpaired) electrons. The highest BCUT2D eigenvalue weighted by Gasteiger charge is 2.48. The maximum absolute atomic E-state index is 12.7. The van der Waals surface area contributed by atoms with Crippen LogP contribution in [0.1, 0.15) is 91.8 Å². The van der Waals surface area contributed by atoms with Crippen LogP contribution in [0.5, 0.6) is 0 Å². The predicted octanol–water partition coefficient (Wildman–Crippen LogP) is 4.65. The highest BCUT2D eigenvalue weighted by atomic mass is 16.3. The van der Waals surface area contributed by atoms with E-state index in [9.17, 15) is 9.90 Å². The number of unbranched alkanes of at least 4 members (excludes halogenated alkanes) is 7. The number of nitrogens with two attached hydrogens (primary N) is 1. The summed E-state index contributed by atoms with van der Waals surface area (Å²) in [6, 6.07) is 1.97. The fourth-order valence-electron chi connectivity index (χ4n) is 4.04. The van der Waals surface area contributed by atoms with Crippen LogP contribution in [0.25, 0.3) is 0 Å². The monoisotopic (exact) mass is 346 g/mol. The van der Waals surface area contributed by atoms with Gasteiger partial charge in [-0.3, -0.25) is 4.79 Å². The molecule has 0 fully saturated rings. The van der Waals surface area contributed by atoms with E-state index in [-0.39, 0.29) is 5.91 Å². The van der Waals surface area contributed by atoms with E-state index < -0.39 is 5.72 Å². The number of nitrogens with zero attached hydrogens (tertiary/aromatic N) is 1. The lowest BCUT2D eigenvalue weighted by molar-refractivity contribution is -0.0803. The lowest BCUT2D eigenvalue weighted by Crippen LogP contribution is -2.41. The predicted molar refractivity (Wildman–Crippen MR) is 104 cm³/mol. The van der Waals surface area contributed by atoms with Crippen LogP contribution in [-0.4, -0.2) is 23.0 Å². The van der Waals surface area contributed by atoms with E-state index >= 15 is 0 Å². The smallest absolute Gasteiger partial charge is 0.258 e. The molecule has 1 atom stereocenters. The van der Waals surface area contributed by atoms with Crippen molar-refractivity contribution in [2.45, 2.75) is 84.3 Å². The first kappa shape index (κ1) is 19.8. The number of benzene rings is 1. The van der Waals surface area contributed by atoms with Crippen molar-refractivity contribution in [2.75, 3.05) is 12.8 Å². The minimum Gasteiger partial charge on any atom is -0.398 e. The molecule has 0 saturated heterocycles. The number of carbonyl (C=O) groups excluding carboxylic acids is 1. The summed E-state index contributed by atoms with van der Waals surface area (Å²) in [4.78, 5) is 14.1. The van der Waals surface area contributed by atoms with Gasteiger partial charge in [-0.2, -0.15) is 0 Å². The number of hydrogen-bond acceptors (Lipinski definition) is 3. The van der Waals surface area contributed by atoms with Gasteiger partial charge in [0.2, 0.25) is 0 Å². The number of aliphatic hydroxyl groups is 1. The van der Waals surface area contributed by atoms with Crippen LogP contribution >= 0.6 is 0 Å². The van der Waals surface area contributed by atoms with E-state index in [2.05, 4.69) is 6.92 Å². The highest BCUT2D eigenvalue weighted by Crippen LogP contribution is 2.44. The van der Waals surface area contributed by atoms with Crippen molar-refractivity contribution in [3.63, 3.8) is 0 Å². The van der Waals surface area contributed by atoms with E-state index in [0.29, 0.717) is 23.2 Å². The van der Waals surface area contributed by atoms with Crippen LogP contribution in [0, 0.1) is 13.8 Å². The van der Waals surface area contributed by atoms with Gasteiger partial charge < -0.3 is 15.7 Å². The number of amides is 1. The summed E-state index contributed by atoms with van der Waals surface area (Å²) in [5.74, 6) is -0.165. The number of anilines is 1. The molecule has 0 aliphatic carbocycles. The van der Waals surface area contributed by atoms with Crippen molar-refractivity contribution >= 4 is 11.6 Å². The third-order valence-electron chi connectivity index (χ3n) is 5.62. The molecular weight excluding hydrogens is 312 g/mol. The second-order valence-electron chi connectivity index (χ2n) is 7.58. The number of hydrogen-bond donors (Lipinski definition) is 2. The second kappa shape index (κ2) is 8.22. The Morgan fingerprint density at radius 3 is 2.20 bits per heavy atom. The number of fused-ring (bicyclic) bond motifs is 1. The van der Waals surface area contributed by atoms with E-state index in [0.717, 1.165) is 24.0 Å². The zero-order valence-corrected chi connectivity index (χ0v) is 16.3. The van der Waals surface area contributed by atoms with Gasteiger partial charge >= 0.3 is 0 Å². The second-order valence-corrected chi connectivity index (χ2v) is 7.58. The molecule has 1 aromatic rings. The molecule has 1 unspecified atom stereocenters. The van der Waals surface area contributed by atoms with Crippen molar-refractivity contribution in [3.05, 3.63) is 28.3 Å². The summed E-state index contributed by atoms with van der Waals surface area (Å²) >= 11 is 0. The van der Waals surface area contributed by atoms with Crippen LogP contribution in [0.15, 0.2) is 6.07 Å². The zero-order chi connectivity index (χ0) is 18.6. The molecule has 1 aliphatic rings. The molecule has 25 heavy (non-hydrogen) atoms. The normalized spacial score (nSPS) is 19.6. The van der Waals surface area contributed by atoms with E-state index in [4.69, 9.17) is 5.73 Å². The topological polar surface area (TPSA) is 66.6 Å². The molecular formula is C21H34N2O2. The molecule has 140 valence electrons. The molecule has 0 spiro atoms. The van der Waals surface area contributed by atoms with E-state index in [1.54, 1.807) is 7.05 Å². The Kier molecular flexibility index (Phi) is 6.50. The zero-order valence-electron chi connectivity index (χ0n) is 16.3. The van der Waals surface area contributed by atoms with Gasteiger partial charge in [0, 0.05) is 18.3 Å². The number of nitrogen functional groups attached to an aromatic ring is 1.